The molecule has 1 atom stereocenters. The highest BCUT2D eigenvalue weighted by Gasteiger charge is 2.30. The Morgan fingerprint density at radius 2 is 1.86 bits per heavy atom. The maximum atomic E-state index is 13.1. The van der Waals surface area contributed by atoms with Crippen LogP contribution in [0.2, 0.25) is 0 Å². The van der Waals surface area contributed by atoms with E-state index in [2.05, 4.69) is 14.7 Å². The summed E-state index contributed by atoms with van der Waals surface area (Å²) < 4.78 is 5.44. The standard InChI is InChI=1S/C23H37N3O2/c27-23(22-11-7-17-28-22)26(16-15-24-12-4-1-5-13-24)19-20-8-6-14-25(18-20)21-9-2-3-10-21/h7,11,17,20-21H,1-6,8-10,12-16,18-19H2/t20-/m1/s1. The van der Waals surface area contributed by atoms with Crippen molar-refractivity contribution in [1.82, 2.24) is 14.7 Å². The minimum atomic E-state index is 0.0694. The summed E-state index contributed by atoms with van der Waals surface area (Å²) in [6.07, 6.45) is 13.6. The van der Waals surface area contributed by atoms with Crippen molar-refractivity contribution in [3.8, 4) is 0 Å². The maximum Gasteiger partial charge on any atom is 0.289 e. The van der Waals surface area contributed by atoms with Crippen LogP contribution in [0.15, 0.2) is 22.8 Å². The van der Waals surface area contributed by atoms with E-state index in [-0.39, 0.29) is 5.91 Å². The van der Waals surface area contributed by atoms with Gasteiger partial charge >= 0.3 is 0 Å². The highest BCUT2D eigenvalue weighted by Crippen LogP contribution is 2.28. The Hall–Kier alpha value is -1.33. The largest absolute Gasteiger partial charge is 0.459 e. The van der Waals surface area contributed by atoms with E-state index >= 15 is 0 Å². The number of carbonyl (C=O) groups is 1. The van der Waals surface area contributed by atoms with Crippen LogP contribution in [0.25, 0.3) is 0 Å². The lowest BCUT2D eigenvalue weighted by Gasteiger charge is -2.39. The average molecular weight is 388 g/mol. The fourth-order valence-electron chi connectivity index (χ4n) is 5.44. The number of furan rings is 1. The van der Waals surface area contributed by atoms with E-state index in [1.807, 2.05) is 12.1 Å². The first-order valence-corrected chi connectivity index (χ1v) is 11.6. The van der Waals surface area contributed by atoms with Gasteiger partial charge in [-0.1, -0.05) is 19.3 Å². The number of piperidine rings is 2. The summed E-state index contributed by atoms with van der Waals surface area (Å²) in [6.45, 7) is 7.46. The van der Waals surface area contributed by atoms with Gasteiger partial charge in [0.05, 0.1) is 6.26 Å². The second kappa shape index (κ2) is 9.93. The van der Waals surface area contributed by atoms with Crippen molar-refractivity contribution in [3.05, 3.63) is 24.2 Å². The Balaban J connectivity index is 1.36. The molecule has 0 radical (unpaired) electrons. The molecule has 2 aliphatic heterocycles. The van der Waals surface area contributed by atoms with E-state index < -0.39 is 0 Å². The first kappa shape index (κ1) is 20.0. The summed E-state index contributed by atoms with van der Waals surface area (Å²) >= 11 is 0. The average Bonchev–Trinajstić information content (AvgIpc) is 3.46. The van der Waals surface area contributed by atoms with E-state index in [9.17, 15) is 4.79 Å². The van der Waals surface area contributed by atoms with Gasteiger partial charge in [0, 0.05) is 32.2 Å². The third-order valence-corrected chi connectivity index (χ3v) is 7.02. The van der Waals surface area contributed by atoms with Crippen molar-refractivity contribution >= 4 is 5.91 Å². The van der Waals surface area contributed by atoms with E-state index in [4.69, 9.17) is 4.42 Å². The molecule has 1 amide bonds. The van der Waals surface area contributed by atoms with Crippen LogP contribution in [0.5, 0.6) is 0 Å². The molecule has 156 valence electrons. The molecule has 3 heterocycles. The van der Waals surface area contributed by atoms with Crippen molar-refractivity contribution in [2.24, 2.45) is 5.92 Å². The second-order valence-electron chi connectivity index (χ2n) is 9.07. The van der Waals surface area contributed by atoms with Crippen LogP contribution in [0, 0.1) is 5.92 Å². The monoisotopic (exact) mass is 387 g/mol. The predicted octanol–water partition coefficient (Wildman–Crippen LogP) is 3.86. The first-order chi connectivity index (χ1) is 13.8. The quantitative estimate of drug-likeness (QED) is 0.712. The Morgan fingerprint density at radius 1 is 1.04 bits per heavy atom. The lowest BCUT2D eigenvalue weighted by Crippen LogP contribution is -2.47. The SMILES string of the molecule is O=C(c1ccco1)N(CCN1CCCCC1)C[C@@H]1CCCN(C2CCCC2)C1. The number of hydrogen-bond acceptors (Lipinski definition) is 4. The zero-order valence-electron chi connectivity index (χ0n) is 17.4. The summed E-state index contributed by atoms with van der Waals surface area (Å²) in [5.74, 6) is 1.15. The van der Waals surface area contributed by atoms with Gasteiger partial charge in [-0.25, -0.2) is 0 Å². The summed E-state index contributed by atoms with van der Waals surface area (Å²) in [5.41, 5.74) is 0. The molecule has 5 nitrogen and oxygen atoms in total. The van der Waals surface area contributed by atoms with Gasteiger partial charge < -0.3 is 19.1 Å². The Bertz CT molecular complexity index is 591. The van der Waals surface area contributed by atoms with Crippen LogP contribution in [0.1, 0.15) is 68.3 Å². The predicted molar refractivity (Wildman–Crippen MR) is 111 cm³/mol. The van der Waals surface area contributed by atoms with Gasteiger partial charge in [0.2, 0.25) is 0 Å². The molecule has 1 aromatic rings. The van der Waals surface area contributed by atoms with Crippen LogP contribution < -0.4 is 0 Å². The summed E-state index contributed by atoms with van der Waals surface area (Å²) in [6, 6.07) is 4.42. The lowest BCUT2D eigenvalue weighted by molar-refractivity contribution is 0.0582. The third-order valence-electron chi connectivity index (χ3n) is 7.02. The molecule has 1 aromatic heterocycles. The van der Waals surface area contributed by atoms with E-state index in [1.165, 1.54) is 77.4 Å². The van der Waals surface area contributed by atoms with Crippen LogP contribution in [-0.2, 0) is 0 Å². The normalized spacial score (nSPS) is 25.2. The molecule has 0 unspecified atom stereocenters. The van der Waals surface area contributed by atoms with Gasteiger partial charge in [0.1, 0.15) is 0 Å². The fourth-order valence-corrected chi connectivity index (χ4v) is 5.44. The van der Waals surface area contributed by atoms with E-state index in [1.54, 1.807) is 6.26 Å². The van der Waals surface area contributed by atoms with Gasteiger partial charge in [0.15, 0.2) is 5.76 Å². The minimum Gasteiger partial charge on any atom is -0.459 e. The summed E-state index contributed by atoms with van der Waals surface area (Å²) in [7, 11) is 0. The zero-order chi connectivity index (χ0) is 19.2. The Labute approximate surface area is 170 Å². The van der Waals surface area contributed by atoms with Crippen LogP contribution in [0.3, 0.4) is 0 Å². The molecule has 5 heteroatoms. The molecule has 1 aliphatic carbocycles. The minimum absolute atomic E-state index is 0.0694. The molecule has 28 heavy (non-hydrogen) atoms. The second-order valence-corrected chi connectivity index (χ2v) is 9.07. The lowest BCUT2D eigenvalue weighted by atomic mass is 9.95. The third kappa shape index (κ3) is 5.18. The highest BCUT2D eigenvalue weighted by atomic mass is 16.3. The summed E-state index contributed by atoms with van der Waals surface area (Å²) in [5, 5.41) is 0. The Morgan fingerprint density at radius 3 is 2.61 bits per heavy atom. The fraction of sp³-hybridized carbons (Fsp3) is 0.783. The van der Waals surface area contributed by atoms with Crippen molar-refractivity contribution in [2.45, 2.75) is 63.8 Å². The van der Waals surface area contributed by atoms with Gasteiger partial charge in [-0.3, -0.25) is 4.79 Å². The number of carbonyl (C=O) groups excluding carboxylic acids is 1. The highest BCUT2D eigenvalue weighted by molar-refractivity contribution is 5.91. The van der Waals surface area contributed by atoms with E-state index in [0.29, 0.717) is 11.7 Å². The van der Waals surface area contributed by atoms with Crippen molar-refractivity contribution in [3.63, 3.8) is 0 Å². The van der Waals surface area contributed by atoms with Gasteiger partial charge in [-0.15, -0.1) is 0 Å². The first-order valence-electron chi connectivity index (χ1n) is 11.6. The zero-order valence-corrected chi connectivity index (χ0v) is 17.4. The molecule has 0 bridgehead atoms. The number of nitrogens with zero attached hydrogens (tertiary/aromatic N) is 3. The molecule has 4 rings (SSSR count). The number of rotatable bonds is 7. The number of amides is 1. The van der Waals surface area contributed by atoms with Crippen molar-refractivity contribution < 1.29 is 9.21 Å². The van der Waals surface area contributed by atoms with Crippen molar-refractivity contribution in [2.75, 3.05) is 45.8 Å². The topological polar surface area (TPSA) is 39.9 Å². The molecular formula is C23H37N3O2. The molecule has 0 aromatic carbocycles. The summed E-state index contributed by atoms with van der Waals surface area (Å²) in [4.78, 5) is 20.4. The van der Waals surface area contributed by atoms with Crippen LogP contribution >= 0.6 is 0 Å². The Kier molecular flexibility index (Phi) is 7.08. The smallest absolute Gasteiger partial charge is 0.289 e. The molecule has 3 aliphatic rings. The van der Waals surface area contributed by atoms with E-state index in [0.717, 1.165) is 32.2 Å². The molecule has 1 saturated carbocycles. The maximum absolute atomic E-state index is 13.1. The van der Waals surface area contributed by atoms with Gasteiger partial charge in [-0.2, -0.15) is 0 Å². The van der Waals surface area contributed by atoms with Gasteiger partial charge in [0.25, 0.3) is 5.91 Å². The van der Waals surface area contributed by atoms with Crippen molar-refractivity contribution in [1.29, 1.82) is 0 Å². The van der Waals surface area contributed by atoms with Gasteiger partial charge in [-0.05, 0) is 76.2 Å². The number of likely N-dealkylation sites (tertiary alicyclic amines) is 2. The molecule has 3 fully saturated rings. The molecular weight excluding hydrogens is 350 g/mol. The van der Waals surface area contributed by atoms with Crippen LogP contribution in [-0.4, -0.2) is 72.5 Å². The molecule has 0 spiro atoms. The van der Waals surface area contributed by atoms with Crippen LogP contribution in [0.4, 0.5) is 0 Å². The molecule has 2 saturated heterocycles. The number of hydrogen-bond donors (Lipinski definition) is 0. The molecule has 0 N–H and O–H groups in total.